The Kier molecular flexibility index (Phi) is 5.39. The molecule has 5 nitrogen and oxygen atoms in total. The van der Waals surface area contributed by atoms with E-state index >= 15 is 0 Å². The molecule has 2 aromatic heterocycles. The van der Waals surface area contributed by atoms with Crippen molar-refractivity contribution in [2.45, 2.75) is 25.7 Å². The van der Waals surface area contributed by atoms with Gasteiger partial charge in [0.1, 0.15) is 18.2 Å². The molecule has 1 aliphatic heterocycles. The van der Waals surface area contributed by atoms with E-state index in [1.54, 1.807) is 0 Å². The fourth-order valence-electron chi connectivity index (χ4n) is 4.20. The molecule has 5 rings (SSSR count). The summed E-state index contributed by atoms with van der Waals surface area (Å²) >= 11 is 7.71. The normalized spacial score (nSPS) is 15.0. The highest BCUT2D eigenvalue weighted by Crippen LogP contribution is 2.41. The summed E-state index contributed by atoms with van der Waals surface area (Å²) in [5.74, 6) is 2.76. The number of aryl methyl sites for hydroxylation is 1. The van der Waals surface area contributed by atoms with Crippen LogP contribution in [0.1, 0.15) is 23.2 Å². The van der Waals surface area contributed by atoms with Gasteiger partial charge in [0.05, 0.1) is 9.21 Å². The van der Waals surface area contributed by atoms with Gasteiger partial charge in [0.15, 0.2) is 5.82 Å². The van der Waals surface area contributed by atoms with Gasteiger partial charge in [-0.25, -0.2) is 9.97 Å². The summed E-state index contributed by atoms with van der Waals surface area (Å²) in [5, 5.41) is 0. The van der Waals surface area contributed by atoms with E-state index in [4.69, 9.17) is 26.3 Å². The lowest BCUT2D eigenvalue weighted by Crippen LogP contribution is -2.20. The molecular weight excluding hydrogens is 416 g/mol. The largest absolute Gasteiger partial charge is 0.492 e. The molecule has 1 aliphatic carbocycles. The van der Waals surface area contributed by atoms with Crippen molar-refractivity contribution in [1.29, 1.82) is 0 Å². The molecule has 0 bridgehead atoms. The van der Waals surface area contributed by atoms with Crippen molar-refractivity contribution in [3.63, 3.8) is 0 Å². The van der Waals surface area contributed by atoms with E-state index in [9.17, 15) is 0 Å². The van der Waals surface area contributed by atoms with Crippen LogP contribution in [0.4, 0.5) is 11.5 Å². The molecule has 0 amide bonds. The fourth-order valence-corrected chi connectivity index (χ4v) is 5.17. The minimum atomic E-state index is 0.679. The van der Waals surface area contributed by atoms with Gasteiger partial charge >= 0.3 is 0 Å². The van der Waals surface area contributed by atoms with Crippen LogP contribution < -0.4 is 9.64 Å². The smallest absolute Gasteiger partial charge is 0.171 e. The first-order valence-corrected chi connectivity index (χ1v) is 11.6. The van der Waals surface area contributed by atoms with Crippen LogP contribution in [0.5, 0.6) is 5.75 Å². The average molecular weight is 441 g/mol. The zero-order chi connectivity index (χ0) is 20.7. The predicted molar refractivity (Wildman–Crippen MR) is 124 cm³/mol. The lowest BCUT2D eigenvalue weighted by atomic mass is 10.1. The van der Waals surface area contributed by atoms with Crippen molar-refractivity contribution in [3.8, 4) is 16.5 Å². The second kappa shape index (κ2) is 8.17. The molecule has 0 unspecified atom stereocenters. The maximum atomic E-state index is 6.18. The van der Waals surface area contributed by atoms with E-state index in [0.717, 1.165) is 65.4 Å². The molecule has 0 N–H and O–H groups in total. The highest BCUT2D eigenvalue weighted by atomic mass is 35.5. The number of nitrogens with zero attached hydrogens (tertiary/aromatic N) is 4. The molecule has 3 aromatic rings. The zero-order valence-electron chi connectivity index (χ0n) is 17.3. The second-order valence-corrected chi connectivity index (χ2v) is 9.81. The molecule has 30 heavy (non-hydrogen) atoms. The summed E-state index contributed by atoms with van der Waals surface area (Å²) in [4.78, 5) is 15.4. The molecule has 0 spiro atoms. The summed E-state index contributed by atoms with van der Waals surface area (Å²) in [5.41, 5.74) is 5.04. The standard InChI is InChI=1S/C23H25ClN4OS/c1-27(2)12-13-29-16-7-6-15-10-11-28(19(15)14-16)23-17-4-3-5-18(17)25-22(26-23)20-8-9-21(24)30-20/h6-9,14H,3-5,10-13H2,1-2H3. The lowest BCUT2D eigenvalue weighted by molar-refractivity contribution is 0.261. The minimum Gasteiger partial charge on any atom is -0.492 e. The Morgan fingerprint density at radius 3 is 2.83 bits per heavy atom. The highest BCUT2D eigenvalue weighted by molar-refractivity contribution is 7.19. The quantitative estimate of drug-likeness (QED) is 0.540. The minimum absolute atomic E-state index is 0.679. The summed E-state index contributed by atoms with van der Waals surface area (Å²) in [6, 6.07) is 10.4. The molecule has 3 heterocycles. The fraction of sp³-hybridized carbons (Fsp3) is 0.391. The average Bonchev–Trinajstić information content (AvgIpc) is 3.45. The van der Waals surface area contributed by atoms with Crippen LogP contribution in [0.2, 0.25) is 4.34 Å². The van der Waals surface area contributed by atoms with Gasteiger partial charge in [0.2, 0.25) is 0 Å². The Hall–Kier alpha value is -2.15. The summed E-state index contributed by atoms with van der Waals surface area (Å²) in [6.45, 7) is 2.51. The number of hydrogen-bond acceptors (Lipinski definition) is 6. The zero-order valence-corrected chi connectivity index (χ0v) is 18.9. The third-order valence-electron chi connectivity index (χ3n) is 5.72. The lowest BCUT2D eigenvalue weighted by Gasteiger charge is -2.22. The Bertz CT molecular complexity index is 1080. The number of hydrogen-bond donors (Lipinski definition) is 0. The maximum Gasteiger partial charge on any atom is 0.171 e. The highest BCUT2D eigenvalue weighted by Gasteiger charge is 2.29. The third-order valence-corrected chi connectivity index (χ3v) is 6.95. The van der Waals surface area contributed by atoms with Crippen LogP contribution in [-0.4, -0.2) is 48.7 Å². The first-order valence-electron chi connectivity index (χ1n) is 10.4. The predicted octanol–water partition coefficient (Wildman–Crippen LogP) is 4.98. The number of thiophene rings is 1. The van der Waals surface area contributed by atoms with E-state index in [-0.39, 0.29) is 0 Å². The van der Waals surface area contributed by atoms with Gasteiger partial charge in [0, 0.05) is 36.1 Å². The van der Waals surface area contributed by atoms with Gasteiger partial charge in [-0.1, -0.05) is 17.7 Å². The molecule has 0 radical (unpaired) electrons. The molecular formula is C23H25ClN4OS. The Balaban J connectivity index is 1.51. The van der Waals surface area contributed by atoms with Crippen LogP contribution in [0.15, 0.2) is 30.3 Å². The number of fused-ring (bicyclic) bond motifs is 2. The van der Waals surface area contributed by atoms with Crippen LogP contribution in [0.3, 0.4) is 0 Å². The molecule has 0 fully saturated rings. The second-order valence-electron chi connectivity index (χ2n) is 8.10. The first-order chi connectivity index (χ1) is 14.6. The van der Waals surface area contributed by atoms with Crippen molar-refractivity contribution >= 4 is 34.4 Å². The molecule has 1 aromatic carbocycles. The van der Waals surface area contributed by atoms with E-state index in [2.05, 4.69) is 42.1 Å². The number of anilines is 2. The molecule has 7 heteroatoms. The Morgan fingerprint density at radius 1 is 1.13 bits per heavy atom. The molecule has 0 saturated carbocycles. The number of benzene rings is 1. The monoisotopic (exact) mass is 440 g/mol. The topological polar surface area (TPSA) is 41.5 Å². The van der Waals surface area contributed by atoms with E-state index in [1.807, 2.05) is 12.1 Å². The number of halogens is 1. The summed E-state index contributed by atoms with van der Waals surface area (Å²) in [6.07, 6.45) is 4.22. The number of aromatic nitrogens is 2. The van der Waals surface area contributed by atoms with E-state index in [1.165, 1.54) is 33.8 Å². The van der Waals surface area contributed by atoms with Crippen molar-refractivity contribution in [3.05, 3.63) is 51.5 Å². The number of ether oxygens (including phenoxy) is 1. The first kappa shape index (κ1) is 19.8. The van der Waals surface area contributed by atoms with Crippen molar-refractivity contribution in [1.82, 2.24) is 14.9 Å². The SMILES string of the molecule is CN(C)CCOc1ccc2c(c1)N(c1nc(-c3ccc(Cl)s3)nc3c1CCC3)CC2. The number of likely N-dealkylation sites (N-methyl/N-ethyl adjacent to an activating group) is 1. The summed E-state index contributed by atoms with van der Waals surface area (Å²) < 4.78 is 6.77. The van der Waals surface area contributed by atoms with Crippen LogP contribution in [0.25, 0.3) is 10.7 Å². The number of rotatable bonds is 6. The molecule has 0 saturated heterocycles. The van der Waals surface area contributed by atoms with Crippen LogP contribution in [-0.2, 0) is 19.3 Å². The van der Waals surface area contributed by atoms with E-state index in [0.29, 0.717) is 6.61 Å². The molecule has 156 valence electrons. The van der Waals surface area contributed by atoms with Gasteiger partial charge in [-0.3, -0.25) is 0 Å². The van der Waals surface area contributed by atoms with Gasteiger partial charge in [-0.15, -0.1) is 11.3 Å². The Morgan fingerprint density at radius 2 is 2.03 bits per heavy atom. The third kappa shape index (κ3) is 3.80. The Labute approximate surface area is 186 Å². The summed E-state index contributed by atoms with van der Waals surface area (Å²) in [7, 11) is 4.11. The van der Waals surface area contributed by atoms with Crippen molar-refractivity contribution in [2.24, 2.45) is 0 Å². The van der Waals surface area contributed by atoms with Gasteiger partial charge in [-0.2, -0.15) is 0 Å². The van der Waals surface area contributed by atoms with Crippen molar-refractivity contribution < 1.29 is 4.74 Å². The van der Waals surface area contributed by atoms with Gasteiger partial charge in [-0.05, 0) is 63.5 Å². The van der Waals surface area contributed by atoms with E-state index < -0.39 is 0 Å². The maximum absolute atomic E-state index is 6.18. The van der Waals surface area contributed by atoms with Gasteiger partial charge in [0.25, 0.3) is 0 Å². The van der Waals surface area contributed by atoms with Gasteiger partial charge < -0.3 is 14.5 Å². The van der Waals surface area contributed by atoms with Crippen LogP contribution in [0, 0.1) is 0 Å². The van der Waals surface area contributed by atoms with Crippen molar-refractivity contribution in [2.75, 3.05) is 38.7 Å². The van der Waals surface area contributed by atoms with Crippen LogP contribution >= 0.6 is 22.9 Å². The molecule has 0 atom stereocenters. The molecule has 2 aliphatic rings.